The Morgan fingerprint density at radius 3 is 2.36 bits per heavy atom. The molecule has 136 valence electrons. The molecule has 0 saturated carbocycles. The normalized spacial score (nSPS) is 13.4. The van der Waals surface area contributed by atoms with Crippen LogP contribution in [-0.2, 0) is 25.5 Å². The van der Waals surface area contributed by atoms with Gasteiger partial charge in [0.15, 0.2) is 0 Å². The van der Waals surface area contributed by atoms with Gasteiger partial charge < -0.3 is 15.8 Å². The number of hydrogen-bond donors (Lipinski definition) is 2. The summed E-state index contributed by atoms with van der Waals surface area (Å²) in [6.45, 7) is 3.95. The number of carbonyl (C=O) groups excluding carboxylic acids is 3. The zero-order valence-electron chi connectivity index (χ0n) is 14.9. The molecular formula is C19H26N2O4. The van der Waals surface area contributed by atoms with Gasteiger partial charge in [-0.15, -0.1) is 0 Å². The SMILES string of the molecule is COC(=O)/C=C/C(CC(C)C)C(=O)N[C@@H](Cc1ccccc1)C(N)=O. The molecule has 2 atom stereocenters. The minimum absolute atomic E-state index is 0.235. The molecule has 0 heterocycles. The first-order valence-electron chi connectivity index (χ1n) is 8.23. The smallest absolute Gasteiger partial charge is 0.330 e. The van der Waals surface area contributed by atoms with Crippen molar-refractivity contribution in [3.05, 3.63) is 48.0 Å². The highest BCUT2D eigenvalue weighted by molar-refractivity contribution is 5.89. The fraction of sp³-hybridized carbons (Fsp3) is 0.421. The molecule has 0 fully saturated rings. The second-order valence-electron chi connectivity index (χ2n) is 6.27. The molecule has 0 aliphatic carbocycles. The van der Waals surface area contributed by atoms with Crippen LogP contribution in [0.2, 0.25) is 0 Å². The summed E-state index contributed by atoms with van der Waals surface area (Å²) in [5, 5.41) is 2.70. The van der Waals surface area contributed by atoms with Crippen molar-refractivity contribution in [1.29, 1.82) is 0 Å². The lowest BCUT2D eigenvalue weighted by molar-refractivity contribution is -0.134. The zero-order chi connectivity index (χ0) is 18.8. The highest BCUT2D eigenvalue weighted by Gasteiger charge is 2.24. The maximum absolute atomic E-state index is 12.6. The largest absolute Gasteiger partial charge is 0.466 e. The van der Waals surface area contributed by atoms with Crippen molar-refractivity contribution in [2.45, 2.75) is 32.7 Å². The molecule has 2 amide bonds. The van der Waals surface area contributed by atoms with Gasteiger partial charge in [-0.3, -0.25) is 9.59 Å². The number of methoxy groups -OCH3 is 1. The molecule has 1 rings (SSSR count). The van der Waals surface area contributed by atoms with E-state index >= 15 is 0 Å². The van der Waals surface area contributed by atoms with E-state index in [1.807, 2.05) is 44.2 Å². The number of carbonyl (C=O) groups is 3. The first kappa shape index (κ1) is 20.4. The first-order valence-corrected chi connectivity index (χ1v) is 8.23. The molecule has 0 aliphatic heterocycles. The number of benzene rings is 1. The second kappa shape index (κ2) is 10.3. The molecule has 0 bridgehead atoms. The molecule has 0 spiro atoms. The minimum atomic E-state index is -0.809. The predicted octanol–water partition coefficient (Wildman–Crippen LogP) is 1.59. The lowest BCUT2D eigenvalue weighted by atomic mass is 9.95. The highest BCUT2D eigenvalue weighted by Crippen LogP contribution is 2.14. The number of nitrogens with one attached hydrogen (secondary N) is 1. The van der Waals surface area contributed by atoms with E-state index in [0.717, 1.165) is 5.56 Å². The Balaban J connectivity index is 2.84. The number of nitrogens with two attached hydrogens (primary N) is 1. The van der Waals surface area contributed by atoms with Crippen molar-refractivity contribution in [2.24, 2.45) is 17.6 Å². The summed E-state index contributed by atoms with van der Waals surface area (Å²) in [5.41, 5.74) is 6.33. The van der Waals surface area contributed by atoms with E-state index in [9.17, 15) is 14.4 Å². The van der Waals surface area contributed by atoms with E-state index in [-0.39, 0.29) is 11.8 Å². The van der Waals surface area contributed by atoms with Crippen LogP contribution in [0.25, 0.3) is 0 Å². The van der Waals surface area contributed by atoms with Crippen LogP contribution in [-0.4, -0.2) is 30.9 Å². The molecule has 6 nitrogen and oxygen atoms in total. The average molecular weight is 346 g/mol. The molecule has 25 heavy (non-hydrogen) atoms. The van der Waals surface area contributed by atoms with Crippen molar-refractivity contribution in [2.75, 3.05) is 7.11 Å². The summed E-state index contributed by atoms with van der Waals surface area (Å²) >= 11 is 0. The molecule has 0 aliphatic rings. The summed E-state index contributed by atoms with van der Waals surface area (Å²) in [6, 6.07) is 8.51. The molecule has 0 aromatic heterocycles. The Hall–Kier alpha value is -2.63. The third-order valence-corrected chi connectivity index (χ3v) is 3.67. The Morgan fingerprint density at radius 2 is 1.84 bits per heavy atom. The Morgan fingerprint density at radius 1 is 1.20 bits per heavy atom. The maximum Gasteiger partial charge on any atom is 0.330 e. The van der Waals surface area contributed by atoms with E-state index in [1.54, 1.807) is 0 Å². The van der Waals surface area contributed by atoms with Crippen LogP contribution in [0.3, 0.4) is 0 Å². The number of ether oxygens (including phenoxy) is 1. The van der Waals surface area contributed by atoms with Crippen molar-refractivity contribution in [3.8, 4) is 0 Å². The fourth-order valence-corrected chi connectivity index (χ4v) is 2.39. The highest BCUT2D eigenvalue weighted by atomic mass is 16.5. The summed E-state index contributed by atoms with van der Waals surface area (Å²) < 4.78 is 4.55. The van der Waals surface area contributed by atoms with E-state index < -0.39 is 23.8 Å². The minimum Gasteiger partial charge on any atom is -0.466 e. The summed E-state index contributed by atoms with van der Waals surface area (Å²) in [6.07, 6.45) is 3.58. The van der Waals surface area contributed by atoms with Gasteiger partial charge in [0.2, 0.25) is 11.8 Å². The third-order valence-electron chi connectivity index (χ3n) is 3.67. The number of hydrogen-bond acceptors (Lipinski definition) is 4. The standard InChI is InChI=1S/C19H26N2O4/c1-13(2)11-15(9-10-17(22)25-3)19(24)21-16(18(20)23)12-14-7-5-4-6-8-14/h4-10,13,15-16H,11-12H2,1-3H3,(H2,20,23)(H,21,24)/b10-9+/t15?,16-/m0/s1. The van der Waals surface area contributed by atoms with Crippen LogP contribution in [0.1, 0.15) is 25.8 Å². The lowest BCUT2D eigenvalue weighted by Crippen LogP contribution is -2.47. The van der Waals surface area contributed by atoms with Crippen molar-refractivity contribution in [1.82, 2.24) is 5.32 Å². The van der Waals surface area contributed by atoms with Gasteiger partial charge in [-0.2, -0.15) is 0 Å². The Labute approximate surface area is 148 Å². The lowest BCUT2D eigenvalue weighted by Gasteiger charge is -2.20. The average Bonchev–Trinajstić information content (AvgIpc) is 2.58. The third kappa shape index (κ3) is 7.65. The van der Waals surface area contributed by atoms with Crippen molar-refractivity contribution < 1.29 is 19.1 Å². The molecule has 1 unspecified atom stereocenters. The van der Waals surface area contributed by atoms with Gasteiger partial charge in [-0.1, -0.05) is 50.3 Å². The van der Waals surface area contributed by atoms with Gasteiger partial charge in [0.25, 0.3) is 0 Å². The number of primary amides is 1. The van der Waals surface area contributed by atoms with E-state index in [0.29, 0.717) is 12.8 Å². The van der Waals surface area contributed by atoms with Crippen LogP contribution in [0, 0.1) is 11.8 Å². The number of amides is 2. The fourth-order valence-electron chi connectivity index (χ4n) is 2.39. The quantitative estimate of drug-likeness (QED) is 0.524. The van der Waals surface area contributed by atoms with Gasteiger partial charge in [-0.05, 0) is 17.9 Å². The molecule has 6 heteroatoms. The van der Waals surface area contributed by atoms with Crippen LogP contribution >= 0.6 is 0 Å². The van der Waals surface area contributed by atoms with Crippen LogP contribution in [0.4, 0.5) is 0 Å². The van der Waals surface area contributed by atoms with Crippen molar-refractivity contribution >= 4 is 17.8 Å². The second-order valence-corrected chi connectivity index (χ2v) is 6.27. The Kier molecular flexibility index (Phi) is 8.39. The monoisotopic (exact) mass is 346 g/mol. The molecular weight excluding hydrogens is 320 g/mol. The predicted molar refractivity (Wildman–Crippen MR) is 95.4 cm³/mol. The summed E-state index contributed by atoms with van der Waals surface area (Å²) in [5.74, 6) is -1.78. The Bertz CT molecular complexity index is 611. The van der Waals surface area contributed by atoms with Gasteiger partial charge in [0.05, 0.1) is 13.0 Å². The molecule has 0 radical (unpaired) electrons. The van der Waals surface area contributed by atoms with Gasteiger partial charge in [-0.25, -0.2) is 4.79 Å². The van der Waals surface area contributed by atoms with E-state index in [2.05, 4.69) is 10.1 Å². The van der Waals surface area contributed by atoms with E-state index in [1.165, 1.54) is 19.3 Å². The first-order chi connectivity index (χ1) is 11.8. The molecule has 1 aromatic rings. The zero-order valence-corrected chi connectivity index (χ0v) is 14.9. The number of esters is 1. The van der Waals surface area contributed by atoms with E-state index in [4.69, 9.17) is 5.73 Å². The summed E-state index contributed by atoms with van der Waals surface area (Å²) in [4.78, 5) is 35.6. The number of rotatable bonds is 9. The van der Waals surface area contributed by atoms with Crippen molar-refractivity contribution in [3.63, 3.8) is 0 Å². The van der Waals surface area contributed by atoms with Crippen LogP contribution < -0.4 is 11.1 Å². The maximum atomic E-state index is 12.6. The molecule has 0 saturated heterocycles. The molecule has 3 N–H and O–H groups in total. The van der Waals surface area contributed by atoms with Crippen LogP contribution in [0.15, 0.2) is 42.5 Å². The summed E-state index contributed by atoms with van der Waals surface area (Å²) in [7, 11) is 1.27. The van der Waals surface area contributed by atoms with Crippen LogP contribution in [0.5, 0.6) is 0 Å². The van der Waals surface area contributed by atoms with Gasteiger partial charge in [0, 0.05) is 12.5 Å². The molecule has 1 aromatic carbocycles. The van der Waals surface area contributed by atoms with Gasteiger partial charge >= 0.3 is 5.97 Å². The van der Waals surface area contributed by atoms with Gasteiger partial charge in [0.1, 0.15) is 6.04 Å². The topological polar surface area (TPSA) is 98.5 Å².